The van der Waals surface area contributed by atoms with Gasteiger partial charge in [0, 0.05) is 5.56 Å². The van der Waals surface area contributed by atoms with Gasteiger partial charge < -0.3 is 9.47 Å². The Balaban J connectivity index is 2.57. The van der Waals surface area contributed by atoms with E-state index >= 15 is 0 Å². The second-order valence-corrected chi connectivity index (χ2v) is 3.41. The minimum atomic E-state index is 0.754. The molecule has 0 aliphatic heterocycles. The summed E-state index contributed by atoms with van der Waals surface area (Å²) in [7, 11) is 3.30. The van der Waals surface area contributed by atoms with Crippen LogP contribution in [0.1, 0.15) is 0 Å². The zero-order valence-corrected chi connectivity index (χ0v) is 9.44. The van der Waals surface area contributed by atoms with E-state index < -0.39 is 0 Å². The topological polar surface area (TPSA) is 18.5 Å². The molecule has 0 radical (unpaired) electrons. The summed E-state index contributed by atoms with van der Waals surface area (Å²) in [4.78, 5) is 0. The molecule has 0 fully saturated rings. The van der Waals surface area contributed by atoms with Crippen molar-refractivity contribution in [2.45, 2.75) is 0 Å². The quantitative estimate of drug-likeness (QED) is 0.779. The highest BCUT2D eigenvalue weighted by atomic mass is 16.5. The van der Waals surface area contributed by atoms with Crippen LogP contribution in [0.25, 0.3) is 11.1 Å². The molecule has 0 heterocycles. The molecule has 82 valence electrons. The van der Waals surface area contributed by atoms with Crippen molar-refractivity contribution in [1.29, 1.82) is 0 Å². The van der Waals surface area contributed by atoms with Gasteiger partial charge in [-0.25, -0.2) is 0 Å². The highest BCUT2D eigenvalue weighted by molar-refractivity contribution is 5.73. The van der Waals surface area contributed by atoms with Gasteiger partial charge in [-0.3, -0.25) is 0 Å². The first kappa shape index (κ1) is 10.6. The summed E-state index contributed by atoms with van der Waals surface area (Å²) in [6.45, 7) is 0. The lowest BCUT2D eigenvalue weighted by Crippen LogP contribution is -1.92. The van der Waals surface area contributed by atoms with E-state index in [9.17, 15) is 0 Å². The summed E-state index contributed by atoms with van der Waals surface area (Å²) in [5.74, 6) is 1.53. The molecule has 0 spiro atoms. The van der Waals surface area contributed by atoms with Gasteiger partial charge >= 0.3 is 0 Å². The number of hydrogen-bond donors (Lipinski definition) is 0. The van der Waals surface area contributed by atoms with E-state index in [1.165, 1.54) is 0 Å². The Labute approximate surface area is 95.4 Å². The number of hydrogen-bond acceptors (Lipinski definition) is 2. The predicted octanol–water partition coefficient (Wildman–Crippen LogP) is 3.37. The Bertz CT molecular complexity index is 463. The summed E-state index contributed by atoms with van der Waals surface area (Å²) in [5, 5.41) is 0. The van der Waals surface area contributed by atoms with Gasteiger partial charge in [0.15, 0.2) is 11.5 Å². The zero-order chi connectivity index (χ0) is 11.4. The van der Waals surface area contributed by atoms with E-state index in [4.69, 9.17) is 9.47 Å². The van der Waals surface area contributed by atoms with Gasteiger partial charge in [-0.05, 0) is 11.6 Å². The van der Waals surface area contributed by atoms with Gasteiger partial charge in [0.2, 0.25) is 0 Å². The van der Waals surface area contributed by atoms with Gasteiger partial charge in [-0.15, -0.1) is 0 Å². The molecular formula is C14H14O2. The molecule has 0 aliphatic rings. The van der Waals surface area contributed by atoms with Gasteiger partial charge in [0.1, 0.15) is 0 Å². The van der Waals surface area contributed by atoms with Crippen LogP contribution in [0, 0.1) is 0 Å². The fourth-order valence-corrected chi connectivity index (χ4v) is 1.73. The van der Waals surface area contributed by atoms with Crippen molar-refractivity contribution >= 4 is 0 Å². The third kappa shape index (κ3) is 1.87. The van der Waals surface area contributed by atoms with Crippen molar-refractivity contribution in [3.8, 4) is 22.6 Å². The third-order valence-corrected chi connectivity index (χ3v) is 2.49. The maximum absolute atomic E-state index is 5.40. The lowest BCUT2D eigenvalue weighted by Gasteiger charge is -2.12. The molecule has 2 aromatic rings. The van der Waals surface area contributed by atoms with E-state index in [-0.39, 0.29) is 0 Å². The monoisotopic (exact) mass is 214 g/mol. The van der Waals surface area contributed by atoms with Crippen molar-refractivity contribution in [1.82, 2.24) is 0 Å². The van der Waals surface area contributed by atoms with Crippen LogP contribution in [0.4, 0.5) is 0 Å². The molecule has 2 heteroatoms. The minimum Gasteiger partial charge on any atom is -0.493 e. The summed E-state index contributed by atoms with van der Waals surface area (Å²) >= 11 is 0. The maximum Gasteiger partial charge on any atom is 0.168 e. The fourth-order valence-electron chi connectivity index (χ4n) is 1.73. The molecule has 0 N–H and O–H groups in total. The Morgan fingerprint density at radius 3 is 2.12 bits per heavy atom. The molecule has 2 rings (SSSR count). The number of methoxy groups -OCH3 is 2. The molecule has 0 aromatic heterocycles. The molecule has 0 aliphatic carbocycles. The number of rotatable bonds is 3. The minimum absolute atomic E-state index is 0.754. The van der Waals surface area contributed by atoms with Crippen LogP contribution in [0.2, 0.25) is 0 Å². The van der Waals surface area contributed by atoms with Crippen LogP contribution >= 0.6 is 0 Å². The predicted molar refractivity (Wildman–Crippen MR) is 65.0 cm³/mol. The zero-order valence-electron chi connectivity index (χ0n) is 9.44. The van der Waals surface area contributed by atoms with Gasteiger partial charge in [-0.2, -0.15) is 0 Å². The van der Waals surface area contributed by atoms with Crippen LogP contribution in [0.3, 0.4) is 0 Å². The fraction of sp³-hybridized carbons (Fsp3) is 0.143. The molecule has 2 nitrogen and oxygen atoms in total. The van der Waals surface area contributed by atoms with E-state index in [1.54, 1.807) is 14.2 Å². The molecule has 0 amide bonds. The van der Waals surface area contributed by atoms with Crippen molar-refractivity contribution in [3.63, 3.8) is 0 Å². The van der Waals surface area contributed by atoms with Crippen LogP contribution in [-0.2, 0) is 0 Å². The largest absolute Gasteiger partial charge is 0.493 e. The van der Waals surface area contributed by atoms with E-state index in [0.717, 1.165) is 22.6 Å². The van der Waals surface area contributed by atoms with E-state index in [2.05, 4.69) is 12.1 Å². The smallest absolute Gasteiger partial charge is 0.168 e. The lowest BCUT2D eigenvalue weighted by molar-refractivity contribution is 0.356. The summed E-state index contributed by atoms with van der Waals surface area (Å²) in [6, 6.07) is 16.0. The Kier molecular flexibility index (Phi) is 3.10. The highest BCUT2D eigenvalue weighted by Crippen LogP contribution is 2.37. The second kappa shape index (κ2) is 4.71. The van der Waals surface area contributed by atoms with Crippen molar-refractivity contribution in [3.05, 3.63) is 48.5 Å². The first-order chi connectivity index (χ1) is 7.86. The SMILES string of the molecule is COc1cccc(-c2ccccc2)c1OC. The number of benzene rings is 2. The standard InChI is InChI=1S/C14H14O2/c1-15-13-10-6-9-12(14(13)16-2)11-7-4-3-5-8-11/h3-10H,1-2H3. The Hall–Kier alpha value is -1.96. The average Bonchev–Trinajstić information content (AvgIpc) is 2.38. The average molecular weight is 214 g/mol. The van der Waals surface area contributed by atoms with E-state index in [1.807, 2.05) is 36.4 Å². The number of para-hydroxylation sites is 1. The van der Waals surface area contributed by atoms with Gasteiger partial charge in [0.25, 0.3) is 0 Å². The third-order valence-electron chi connectivity index (χ3n) is 2.49. The maximum atomic E-state index is 5.40. The summed E-state index contributed by atoms with van der Waals surface area (Å²) < 4.78 is 10.7. The van der Waals surface area contributed by atoms with Gasteiger partial charge in [-0.1, -0.05) is 42.5 Å². The molecule has 0 saturated carbocycles. The van der Waals surface area contributed by atoms with Crippen molar-refractivity contribution < 1.29 is 9.47 Å². The lowest BCUT2D eigenvalue weighted by atomic mass is 10.0. The van der Waals surface area contributed by atoms with Crippen LogP contribution in [0.15, 0.2) is 48.5 Å². The van der Waals surface area contributed by atoms with Crippen molar-refractivity contribution in [2.75, 3.05) is 14.2 Å². The normalized spacial score (nSPS) is 9.88. The summed E-state index contributed by atoms with van der Waals surface area (Å²) in [6.07, 6.45) is 0. The Morgan fingerprint density at radius 2 is 1.50 bits per heavy atom. The van der Waals surface area contributed by atoms with Crippen LogP contribution < -0.4 is 9.47 Å². The highest BCUT2D eigenvalue weighted by Gasteiger charge is 2.10. The van der Waals surface area contributed by atoms with E-state index in [0.29, 0.717) is 0 Å². The molecule has 0 bridgehead atoms. The molecular weight excluding hydrogens is 200 g/mol. The molecule has 0 unspecified atom stereocenters. The molecule has 0 saturated heterocycles. The first-order valence-corrected chi connectivity index (χ1v) is 5.13. The summed E-state index contributed by atoms with van der Waals surface area (Å²) in [5.41, 5.74) is 2.17. The first-order valence-electron chi connectivity index (χ1n) is 5.13. The second-order valence-electron chi connectivity index (χ2n) is 3.41. The van der Waals surface area contributed by atoms with Crippen molar-refractivity contribution in [2.24, 2.45) is 0 Å². The number of ether oxygens (including phenoxy) is 2. The van der Waals surface area contributed by atoms with Crippen LogP contribution in [-0.4, -0.2) is 14.2 Å². The Morgan fingerprint density at radius 1 is 0.750 bits per heavy atom. The molecule has 16 heavy (non-hydrogen) atoms. The molecule has 2 aromatic carbocycles. The van der Waals surface area contributed by atoms with Gasteiger partial charge in [0.05, 0.1) is 14.2 Å². The molecule has 0 atom stereocenters. The van der Waals surface area contributed by atoms with Crippen LogP contribution in [0.5, 0.6) is 11.5 Å².